The maximum atomic E-state index is 11.9. The summed E-state index contributed by atoms with van der Waals surface area (Å²) in [6.07, 6.45) is 0.924. The number of rotatable bonds is 5. The highest BCUT2D eigenvalue weighted by Gasteiger charge is 2.14. The molecule has 0 fully saturated rings. The molecule has 1 heterocycles. The lowest BCUT2D eigenvalue weighted by molar-refractivity contribution is -0.121. The Morgan fingerprint density at radius 3 is 2.55 bits per heavy atom. The van der Waals surface area contributed by atoms with Gasteiger partial charge in [-0.3, -0.25) is 4.79 Å². The fraction of sp³-hybridized carbons (Fsp3) is 0.400. The molecule has 0 bridgehead atoms. The highest BCUT2D eigenvalue weighted by atomic mass is 16.2. The molecule has 2 rings (SSSR count). The highest BCUT2D eigenvalue weighted by molar-refractivity contribution is 5.84. The molecule has 1 atom stereocenters. The molecule has 106 valence electrons. The van der Waals surface area contributed by atoms with Crippen molar-refractivity contribution in [1.82, 2.24) is 15.3 Å². The lowest BCUT2D eigenvalue weighted by atomic mass is 10.2. The molecule has 1 aromatic carbocycles. The summed E-state index contributed by atoms with van der Waals surface area (Å²) in [5.41, 5.74) is 2.47. The van der Waals surface area contributed by atoms with Gasteiger partial charge >= 0.3 is 0 Å². The van der Waals surface area contributed by atoms with Crippen LogP contribution in [0.4, 0.5) is 5.82 Å². The van der Waals surface area contributed by atoms with E-state index in [4.69, 9.17) is 0 Å². The molecule has 20 heavy (non-hydrogen) atoms. The number of fused-ring (bicyclic) bond motifs is 1. The Hall–Kier alpha value is -2.17. The summed E-state index contributed by atoms with van der Waals surface area (Å²) in [7, 11) is 0. The summed E-state index contributed by atoms with van der Waals surface area (Å²) in [5, 5.41) is 5.98. The zero-order chi connectivity index (χ0) is 14.5. The molecule has 0 spiro atoms. The molecule has 1 unspecified atom stereocenters. The average Bonchev–Trinajstić information content (AvgIpc) is 2.45. The van der Waals surface area contributed by atoms with Crippen molar-refractivity contribution >= 4 is 22.8 Å². The zero-order valence-electron chi connectivity index (χ0n) is 12.1. The van der Waals surface area contributed by atoms with E-state index >= 15 is 0 Å². The maximum absolute atomic E-state index is 11.9. The molecule has 0 saturated heterocycles. The summed E-state index contributed by atoms with van der Waals surface area (Å²) < 4.78 is 0. The summed E-state index contributed by atoms with van der Waals surface area (Å²) in [6.45, 7) is 6.42. The molecular weight excluding hydrogens is 252 g/mol. The van der Waals surface area contributed by atoms with Crippen LogP contribution in [0.1, 0.15) is 26.0 Å². The number of nitrogens with one attached hydrogen (secondary N) is 2. The van der Waals surface area contributed by atoms with E-state index in [2.05, 4.69) is 20.6 Å². The van der Waals surface area contributed by atoms with Crippen molar-refractivity contribution in [2.45, 2.75) is 33.2 Å². The summed E-state index contributed by atoms with van der Waals surface area (Å²) in [4.78, 5) is 20.9. The average molecular weight is 272 g/mol. The van der Waals surface area contributed by atoms with Crippen LogP contribution in [0.15, 0.2) is 24.3 Å². The summed E-state index contributed by atoms with van der Waals surface area (Å²) in [6, 6.07) is 7.36. The lowest BCUT2D eigenvalue weighted by Gasteiger charge is -2.16. The van der Waals surface area contributed by atoms with E-state index in [9.17, 15) is 4.79 Å². The minimum Gasteiger partial charge on any atom is -0.357 e. The normalized spacial score (nSPS) is 12.2. The predicted octanol–water partition coefficient (Wildman–Crippen LogP) is 2.26. The molecule has 0 radical (unpaired) electrons. The fourth-order valence-corrected chi connectivity index (χ4v) is 1.90. The molecule has 0 saturated carbocycles. The van der Waals surface area contributed by atoms with E-state index in [0.717, 1.165) is 23.1 Å². The van der Waals surface area contributed by atoms with E-state index in [1.165, 1.54) is 0 Å². The molecule has 5 nitrogen and oxygen atoms in total. The monoisotopic (exact) mass is 272 g/mol. The number of hydrogen-bond donors (Lipinski definition) is 2. The largest absolute Gasteiger partial charge is 0.357 e. The van der Waals surface area contributed by atoms with E-state index in [0.29, 0.717) is 12.4 Å². The SMILES string of the molecule is CCCNC(=O)C(C)Nc1nc2ccccc2nc1C. The van der Waals surface area contributed by atoms with Crippen LogP contribution in [-0.2, 0) is 4.79 Å². The van der Waals surface area contributed by atoms with Crippen molar-refractivity contribution in [1.29, 1.82) is 0 Å². The number of benzene rings is 1. The van der Waals surface area contributed by atoms with Gasteiger partial charge < -0.3 is 10.6 Å². The van der Waals surface area contributed by atoms with Crippen LogP contribution >= 0.6 is 0 Å². The minimum absolute atomic E-state index is 0.0267. The van der Waals surface area contributed by atoms with Crippen LogP contribution < -0.4 is 10.6 Å². The zero-order valence-corrected chi connectivity index (χ0v) is 12.1. The van der Waals surface area contributed by atoms with Crippen LogP contribution in [0.5, 0.6) is 0 Å². The van der Waals surface area contributed by atoms with Crippen molar-refractivity contribution in [3.8, 4) is 0 Å². The second kappa shape index (κ2) is 6.32. The topological polar surface area (TPSA) is 66.9 Å². The molecule has 5 heteroatoms. The molecule has 0 aliphatic carbocycles. The van der Waals surface area contributed by atoms with Gasteiger partial charge in [-0.25, -0.2) is 9.97 Å². The first-order chi connectivity index (χ1) is 9.61. The summed E-state index contributed by atoms with van der Waals surface area (Å²) >= 11 is 0. The van der Waals surface area contributed by atoms with E-state index in [1.807, 2.05) is 45.0 Å². The molecule has 2 aromatic rings. The third-order valence-electron chi connectivity index (χ3n) is 3.04. The van der Waals surface area contributed by atoms with Crippen LogP contribution in [0.2, 0.25) is 0 Å². The van der Waals surface area contributed by atoms with E-state index in [1.54, 1.807) is 0 Å². The number of nitrogens with zero attached hydrogens (tertiary/aromatic N) is 2. The maximum Gasteiger partial charge on any atom is 0.242 e. The Morgan fingerprint density at radius 1 is 1.25 bits per heavy atom. The molecule has 1 amide bonds. The van der Waals surface area contributed by atoms with Gasteiger partial charge in [0.1, 0.15) is 11.9 Å². The van der Waals surface area contributed by atoms with Gasteiger partial charge in [-0.05, 0) is 32.4 Å². The molecule has 1 aromatic heterocycles. The number of carbonyl (C=O) groups is 1. The van der Waals surface area contributed by atoms with Crippen LogP contribution in [0.3, 0.4) is 0 Å². The Labute approximate surface area is 118 Å². The van der Waals surface area contributed by atoms with Gasteiger partial charge in [0.25, 0.3) is 0 Å². The minimum atomic E-state index is -0.337. The van der Waals surface area contributed by atoms with Gasteiger partial charge in [-0.2, -0.15) is 0 Å². The Morgan fingerprint density at radius 2 is 1.90 bits per heavy atom. The first-order valence-electron chi connectivity index (χ1n) is 6.89. The Balaban J connectivity index is 2.16. The molecule has 0 aliphatic rings. The number of para-hydroxylation sites is 2. The fourth-order valence-electron chi connectivity index (χ4n) is 1.90. The van der Waals surface area contributed by atoms with Crippen molar-refractivity contribution in [3.63, 3.8) is 0 Å². The van der Waals surface area contributed by atoms with Gasteiger partial charge in [-0.15, -0.1) is 0 Å². The number of anilines is 1. The van der Waals surface area contributed by atoms with Crippen LogP contribution in [-0.4, -0.2) is 28.5 Å². The first kappa shape index (κ1) is 14.2. The molecule has 2 N–H and O–H groups in total. The van der Waals surface area contributed by atoms with Gasteiger partial charge in [0.2, 0.25) is 5.91 Å². The van der Waals surface area contributed by atoms with Gasteiger partial charge in [0, 0.05) is 6.54 Å². The van der Waals surface area contributed by atoms with Crippen molar-refractivity contribution in [2.24, 2.45) is 0 Å². The standard InChI is InChI=1S/C15H20N4O/c1-4-9-16-15(20)11(3)18-14-10(2)17-12-7-5-6-8-13(12)19-14/h5-8,11H,4,9H2,1-3H3,(H,16,20)(H,18,19). The van der Waals surface area contributed by atoms with Crippen molar-refractivity contribution in [3.05, 3.63) is 30.0 Å². The number of aromatic nitrogens is 2. The van der Waals surface area contributed by atoms with E-state index < -0.39 is 0 Å². The first-order valence-corrected chi connectivity index (χ1v) is 6.89. The van der Waals surface area contributed by atoms with Gasteiger partial charge in [0.05, 0.1) is 16.7 Å². The third kappa shape index (κ3) is 3.23. The van der Waals surface area contributed by atoms with Crippen molar-refractivity contribution in [2.75, 3.05) is 11.9 Å². The Kier molecular flexibility index (Phi) is 4.50. The highest BCUT2D eigenvalue weighted by Crippen LogP contribution is 2.16. The Bertz CT molecular complexity index is 612. The second-order valence-electron chi connectivity index (χ2n) is 4.80. The lowest BCUT2D eigenvalue weighted by Crippen LogP contribution is -2.38. The third-order valence-corrected chi connectivity index (χ3v) is 3.04. The summed E-state index contributed by atoms with van der Waals surface area (Å²) in [5.74, 6) is 0.629. The quantitative estimate of drug-likeness (QED) is 0.876. The van der Waals surface area contributed by atoms with Gasteiger partial charge in [-0.1, -0.05) is 19.1 Å². The van der Waals surface area contributed by atoms with Crippen LogP contribution in [0.25, 0.3) is 11.0 Å². The van der Waals surface area contributed by atoms with Crippen molar-refractivity contribution < 1.29 is 4.79 Å². The van der Waals surface area contributed by atoms with Crippen LogP contribution in [0, 0.1) is 6.92 Å². The number of amides is 1. The number of hydrogen-bond acceptors (Lipinski definition) is 4. The smallest absolute Gasteiger partial charge is 0.242 e. The molecular formula is C15H20N4O. The number of aryl methyl sites for hydroxylation is 1. The molecule has 0 aliphatic heterocycles. The predicted molar refractivity (Wildman–Crippen MR) is 80.7 cm³/mol. The second-order valence-corrected chi connectivity index (χ2v) is 4.80. The number of carbonyl (C=O) groups excluding carboxylic acids is 1. The van der Waals surface area contributed by atoms with Gasteiger partial charge in [0.15, 0.2) is 0 Å². The van der Waals surface area contributed by atoms with E-state index in [-0.39, 0.29) is 11.9 Å².